The molecule has 3 heteroatoms. The molecule has 1 fully saturated rings. The largest absolute Gasteiger partial charge is 0.300 e. The first-order chi connectivity index (χ1) is 8.81. The van der Waals surface area contributed by atoms with E-state index in [1.54, 1.807) is 0 Å². The molecular weight excluding hydrogens is 260 g/mol. The van der Waals surface area contributed by atoms with Gasteiger partial charge < -0.3 is 0 Å². The minimum absolute atomic E-state index is 0.358. The molecule has 0 unspecified atom stereocenters. The monoisotopic (exact) mass is 278 g/mol. The lowest BCUT2D eigenvalue weighted by Gasteiger charge is -2.10. The van der Waals surface area contributed by atoms with Gasteiger partial charge in [0.25, 0.3) is 0 Å². The van der Waals surface area contributed by atoms with Gasteiger partial charge in [-0.3, -0.25) is 4.79 Å². The van der Waals surface area contributed by atoms with Gasteiger partial charge >= 0.3 is 0 Å². The Morgan fingerprint density at radius 3 is 2.39 bits per heavy atom. The summed E-state index contributed by atoms with van der Waals surface area (Å²) in [6.07, 6.45) is 2.20. The van der Waals surface area contributed by atoms with Gasteiger partial charge in [0.05, 0.1) is 0 Å². The van der Waals surface area contributed by atoms with E-state index in [2.05, 4.69) is 24.3 Å². The first-order valence-electron chi connectivity index (χ1n) is 6.37. The molecule has 1 saturated heterocycles. The molecular formula is C15H18OS2. The number of thioether (sulfide) groups is 2. The summed E-state index contributed by atoms with van der Waals surface area (Å²) >= 11 is 3.87. The van der Waals surface area contributed by atoms with E-state index in [-0.39, 0.29) is 0 Å². The number of Topliss-reactive ketones (excluding diaryl/α,β-unsaturated/α-hetero) is 1. The Hall–Kier alpha value is -0.670. The molecule has 0 saturated carbocycles. The molecule has 1 aliphatic heterocycles. The maximum atomic E-state index is 11.5. The molecule has 0 N–H and O–H groups in total. The molecule has 0 atom stereocenters. The van der Waals surface area contributed by atoms with Crippen LogP contribution in [0.4, 0.5) is 0 Å². The van der Waals surface area contributed by atoms with Crippen molar-refractivity contribution in [2.75, 3.05) is 11.5 Å². The van der Waals surface area contributed by atoms with E-state index in [1.165, 1.54) is 26.9 Å². The highest BCUT2D eigenvalue weighted by Crippen LogP contribution is 2.43. The van der Waals surface area contributed by atoms with Crippen molar-refractivity contribution >= 4 is 34.9 Å². The van der Waals surface area contributed by atoms with E-state index in [1.807, 2.05) is 36.5 Å². The van der Waals surface area contributed by atoms with Crippen LogP contribution < -0.4 is 0 Å². The zero-order valence-electron chi connectivity index (χ0n) is 10.6. The van der Waals surface area contributed by atoms with Crippen LogP contribution >= 0.6 is 23.5 Å². The Balaban J connectivity index is 2.19. The van der Waals surface area contributed by atoms with Gasteiger partial charge in [-0.15, -0.1) is 23.5 Å². The van der Waals surface area contributed by atoms with E-state index in [0.29, 0.717) is 18.6 Å². The summed E-state index contributed by atoms with van der Waals surface area (Å²) < 4.78 is 1.42. The van der Waals surface area contributed by atoms with Gasteiger partial charge in [-0.2, -0.15) is 0 Å². The smallest absolute Gasteiger partial charge is 0.132 e. The first-order valence-corrected chi connectivity index (χ1v) is 8.34. The molecule has 0 aromatic heterocycles. The Bertz CT molecular complexity index is 429. The molecule has 0 aliphatic carbocycles. The van der Waals surface area contributed by atoms with Gasteiger partial charge in [0, 0.05) is 28.6 Å². The topological polar surface area (TPSA) is 17.1 Å². The predicted molar refractivity (Wildman–Crippen MR) is 82.8 cm³/mol. The zero-order chi connectivity index (χ0) is 12.8. The van der Waals surface area contributed by atoms with Gasteiger partial charge in [0.1, 0.15) is 5.78 Å². The molecule has 1 aromatic carbocycles. The van der Waals surface area contributed by atoms with Crippen LogP contribution in [0.2, 0.25) is 0 Å². The van der Waals surface area contributed by atoms with Crippen molar-refractivity contribution < 1.29 is 4.79 Å². The lowest BCUT2D eigenvalue weighted by molar-refractivity contribution is -0.118. The summed E-state index contributed by atoms with van der Waals surface area (Å²) in [6.45, 7) is 1.94. The van der Waals surface area contributed by atoms with Crippen molar-refractivity contribution in [3.05, 3.63) is 40.1 Å². The van der Waals surface area contributed by atoms with Crippen LogP contribution in [0.15, 0.2) is 34.6 Å². The van der Waals surface area contributed by atoms with E-state index < -0.39 is 0 Å². The summed E-state index contributed by atoms with van der Waals surface area (Å²) in [5.41, 5.74) is 2.64. The summed E-state index contributed by atoms with van der Waals surface area (Å²) in [5, 5.41) is 0. The van der Waals surface area contributed by atoms with Gasteiger partial charge in [-0.1, -0.05) is 37.3 Å². The Morgan fingerprint density at radius 2 is 1.78 bits per heavy atom. The lowest BCUT2D eigenvalue weighted by atomic mass is 10.0. The molecule has 1 aliphatic rings. The van der Waals surface area contributed by atoms with Crippen LogP contribution in [0, 0.1) is 0 Å². The minimum Gasteiger partial charge on any atom is -0.300 e. The summed E-state index contributed by atoms with van der Waals surface area (Å²) in [5.74, 6) is 2.74. The number of carbonyl (C=O) groups is 1. The third-order valence-electron chi connectivity index (χ3n) is 2.97. The summed E-state index contributed by atoms with van der Waals surface area (Å²) in [7, 11) is 0. The van der Waals surface area contributed by atoms with Crippen LogP contribution in [-0.2, 0) is 4.79 Å². The maximum Gasteiger partial charge on any atom is 0.132 e. The Kier molecular flexibility index (Phi) is 5.39. The van der Waals surface area contributed by atoms with Gasteiger partial charge in [0.2, 0.25) is 0 Å². The molecule has 0 bridgehead atoms. The Morgan fingerprint density at radius 1 is 1.11 bits per heavy atom. The molecule has 0 spiro atoms. The molecule has 0 radical (unpaired) electrons. The van der Waals surface area contributed by atoms with Gasteiger partial charge in [-0.25, -0.2) is 0 Å². The number of allylic oxidation sites excluding steroid dienone is 1. The number of hydrogen-bond acceptors (Lipinski definition) is 3. The normalized spacial score (nSPS) is 14.8. The number of benzene rings is 1. The maximum absolute atomic E-state index is 11.5. The van der Waals surface area contributed by atoms with Gasteiger partial charge in [0.15, 0.2) is 0 Å². The van der Waals surface area contributed by atoms with E-state index in [9.17, 15) is 4.79 Å². The van der Waals surface area contributed by atoms with Crippen molar-refractivity contribution in [1.29, 1.82) is 0 Å². The van der Waals surface area contributed by atoms with E-state index in [0.717, 1.165) is 6.42 Å². The van der Waals surface area contributed by atoms with Crippen molar-refractivity contribution in [3.63, 3.8) is 0 Å². The minimum atomic E-state index is 0.358. The molecule has 1 heterocycles. The van der Waals surface area contributed by atoms with E-state index in [4.69, 9.17) is 0 Å². The fourth-order valence-electron chi connectivity index (χ4n) is 1.93. The van der Waals surface area contributed by atoms with Crippen molar-refractivity contribution in [3.8, 4) is 0 Å². The van der Waals surface area contributed by atoms with Crippen LogP contribution in [0.1, 0.15) is 31.7 Å². The second-order valence-electron chi connectivity index (χ2n) is 4.22. The van der Waals surface area contributed by atoms with Crippen LogP contribution in [-0.4, -0.2) is 17.3 Å². The highest BCUT2D eigenvalue weighted by atomic mass is 32.2. The first kappa shape index (κ1) is 13.8. The third-order valence-corrected chi connectivity index (χ3v) is 5.77. The van der Waals surface area contributed by atoms with Gasteiger partial charge in [-0.05, 0) is 17.6 Å². The highest BCUT2D eigenvalue weighted by molar-refractivity contribution is 8.25. The van der Waals surface area contributed by atoms with Crippen LogP contribution in [0.5, 0.6) is 0 Å². The van der Waals surface area contributed by atoms with Crippen molar-refractivity contribution in [2.24, 2.45) is 0 Å². The second kappa shape index (κ2) is 7.05. The third kappa shape index (κ3) is 3.66. The SMILES string of the molecule is CCC(=O)CCC(=C1SCCS1)c1ccccc1. The predicted octanol–water partition coefficient (Wildman–Crippen LogP) is 4.59. The molecule has 18 heavy (non-hydrogen) atoms. The zero-order valence-corrected chi connectivity index (χ0v) is 12.3. The average molecular weight is 278 g/mol. The standard InChI is InChI=1S/C15H18OS2/c1-2-13(16)8-9-14(15-17-10-11-18-15)12-6-4-3-5-7-12/h3-7H,2,8-11H2,1H3. The highest BCUT2D eigenvalue weighted by Gasteiger charge is 2.16. The van der Waals surface area contributed by atoms with Crippen LogP contribution in [0.3, 0.4) is 0 Å². The fraction of sp³-hybridized carbons (Fsp3) is 0.400. The van der Waals surface area contributed by atoms with Crippen molar-refractivity contribution in [2.45, 2.75) is 26.2 Å². The fourth-order valence-corrected chi connectivity index (χ4v) is 4.59. The lowest BCUT2D eigenvalue weighted by Crippen LogP contribution is -1.96. The number of rotatable bonds is 5. The number of carbonyl (C=O) groups excluding carboxylic acids is 1. The summed E-state index contributed by atoms with van der Waals surface area (Å²) in [4.78, 5) is 11.5. The summed E-state index contributed by atoms with van der Waals surface area (Å²) in [6, 6.07) is 10.5. The Labute approximate surface area is 117 Å². The number of hydrogen-bond donors (Lipinski definition) is 0. The number of ketones is 1. The average Bonchev–Trinajstić information content (AvgIpc) is 2.94. The quantitative estimate of drug-likeness (QED) is 0.784. The molecule has 1 aromatic rings. The van der Waals surface area contributed by atoms with Crippen molar-refractivity contribution in [1.82, 2.24) is 0 Å². The van der Waals surface area contributed by atoms with E-state index >= 15 is 0 Å². The molecule has 2 rings (SSSR count). The molecule has 0 amide bonds. The van der Waals surface area contributed by atoms with Crippen LogP contribution in [0.25, 0.3) is 5.57 Å². The molecule has 96 valence electrons. The second-order valence-corrected chi connectivity index (χ2v) is 6.69. The molecule has 1 nitrogen and oxygen atoms in total.